The first-order valence-electron chi connectivity index (χ1n) is 4.26. The first-order valence-corrected chi connectivity index (χ1v) is 5.05. The summed E-state index contributed by atoms with van der Waals surface area (Å²) in [6.07, 6.45) is 2.12. The topological polar surface area (TPSA) is 12.0 Å². The maximum atomic E-state index is 5.48. The lowest BCUT2D eigenvalue weighted by atomic mass is 10.1. The summed E-state index contributed by atoms with van der Waals surface area (Å²) >= 11 is 10.2. The van der Waals surface area contributed by atoms with Gasteiger partial charge in [0.25, 0.3) is 0 Å². The highest BCUT2D eigenvalue weighted by Crippen LogP contribution is 2.01. The molecule has 1 N–H and O–H groups in total. The number of halogens is 1. The Kier molecular flexibility index (Phi) is 4.79. The van der Waals surface area contributed by atoms with E-state index in [1.54, 1.807) is 0 Å². The van der Waals surface area contributed by atoms with E-state index in [0.717, 1.165) is 19.4 Å². The van der Waals surface area contributed by atoms with Crippen LogP contribution in [0.25, 0.3) is 0 Å². The van der Waals surface area contributed by atoms with Crippen LogP contribution in [-0.4, -0.2) is 11.0 Å². The van der Waals surface area contributed by atoms with Crippen LogP contribution in [0.3, 0.4) is 0 Å². The van der Waals surface area contributed by atoms with Crippen molar-refractivity contribution < 1.29 is 0 Å². The van der Waals surface area contributed by atoms with Crippen LogP contribution in [0.5, 0.6) is 0 Å². The summed E-state index contributed by atoms with van der Waals surface area (Å²) in [4.78, 5) is 0. The molecule has 0 aliphatic rings. The van der Waals surface area contributed by atoms with Gasteiger partial charge in [0, 0.05) is 6.54 Å². The Balaban J connectivity index is 2.17. The molecule has 0 bridgehead atoms. The summed E-state index contributed by atoms with van der Waals surface area (Å²) in [6, 6.07) is 10.4. The van der Waals surface area contributed by atoms with Crippen molar-refractivity contribution in [2.75, 3.05) is 6.54 Å². The lowest BCUT2D eigenvalue weighted by Crippen LogP contribution is -2.17. The fourth-order valence-electron chi connectivity index (χ4n) is 1.12. The van der Waals surface area contributed by atoms with Crippen LogP contribution in [-0.2, 0) is 6.42 Å². The molecule has 0 heterocycles. The first kappa shape index (κ1) is 10.5. The number of hydrogen-bond acceptors (Lipinski definition) is 1. The van der Waals surface area contributed by atoms with Gasteiger partial charge in [0.1, 0.15) is 0 Å². The van der Waals surface area contributed by atoms with Crippen LogP contribution in [0.15, 0.2) is 30.3 Å². The minimum absolute atomic E-state index is 0.355. The highest BCUT2D eigenvalue weighted by molar-refractivity contribution is 7.83. The van der Waals surface area contributed by atoms with Crippen molar-refractivity contribution in [2.45, 2.75) is 12.8 Å². The maximum Gasteiger partial charge on any atom is 0.167 e. The molecule has 0 aliphatic carbocycles. The van der Waals surface area contributed by atoms with Crippen LogP contribution in [0.4, 0.5) is 0 Å². The highest BCUT2D eigenvalue weighted by Gasteiger charge is 1.92. The average molecular weight is 214 g/mol. The Morgan fingerprint density at radius 1 is 1.31 bits per heavy atom. The zero-order valence-electron chi connectivity index (χ0n) is 7.29. The predicted octanol–water partition coefficient (Wildman–Crippen LogP) is 2.73. The summed E-state index contributed by atoms with van der Waals surface area (Å²) in [5.74, 6) is 0. The molecule has 0 aromatic heterocycles. The quantitative estimate of drug-likeness (QED) is 0.357. The molecule has 0 atom stereocenters. The van der Waals surface area contributed by atoms with E-state index < -0.39 is 0 Å². The number of benzene rings is 1. The van der Waals surface area contributed by atoms with Gasteiger partial charge in [0.2, 0.25) is 0 Å². The largest absolute Gasteiger partial charge is 0.367 e. The molecule has 70 valence electrons. The van der Waals surface area contributed by atoms with Gasteiger partial charge >= 0.3 is 0 Å². The third kappa shape index (κ3) is 4.86. The van der Waals surface area contributed by atoms with E-state index in [9.17, 15) is 0 Å². The van der Waals surface area contributed by atoms with E-state index in [-0.39, 0.29) is 0 Å². The van der Waals surface area contributed by atoms with Gasteiger partial charge in [-0.1, -0.05) is 41.9 Å². The molecule has 1 aromatic carbocycles. The summed E-state index contributed by atoms with van der Waals surface area (Å²) in [5, 5.41) is 2.91. The zero-order chi connectivity index (χ0) is 9.52. The molecule has 1 rings (SSSR count). The number of nitrogens with one attached hydrogen (secondary N) is 1. The second kappa shape index (κ2) is 5.95. The van der Waals surface area contributed by atoms with Gasteiger partial charge in [-0.05, 0) is 30.6 Å². The SMILES string of the molecule is S=C(Cl)NCCCc1ccccc1. The first-order chi connectivity index (χ1) is 6.29. The van der Waals surface area contributed by atoms with Gasteiger partial charge in [-0.2, -0.15) is 0 Å². The molecule has 0 amide bonds. The van der Waals surface area contributed by atoms with Crippen LogP contribution in [0.2, 0.25) is 0 Å². The second-order valence-corrected chi connectivity index (χ2v) is 3.80. The molecule has 1 aromatic rings. The van der Waals surface area contributed by atoms with Gasteiger partial charge < -0.3 is 5.32 Å². The van der Waals surface area contributed by atoms with Crippen molar-refractivity contribution in [2.24, 2.45) is 0 Å². The minimum atomic E-state index is 0.355. The molecule has 0 radical (unpaired) electrons. The molecule has 1 nitrogen and oxygen atoms in total. The Hall–Kier alpha value is -0.600. The Bertz CT molecular complexity index is 261. The van der Waals surface area contributed by atoms with Crippen molar-refractivity contribution in [3.63, 3.8) is 0 Å². The Morgan fingerprint density at radius 3 is 2.62 bits per heavy atom. The van der Waals surface area contributed by atoms with Crippen LogP contribution in [0.1, 0.15) is 12.0 Å². The molecule has 3 heteroatoms. The Morgan fingerprint density at radius 2 is 2.00 bits per heavy atom. The number of rotatable bonds is 4. The maximum absolute atomic E-state index is 5.48. The highest BCUT2D eigenvalue weighted by atomic mass is 35.5. The minimum Gasteiger partial charge on any atom is -0.367 e. The summed E-state index contributed by atoms with van der Waals surface area (Å²) in [5.41, 5.74) is 1.35. The van der Waals surface area contributed by atoms with Gasteiger partial charge in [-0.15, -0.1) is 0 Å². The average Bonchev–Trinajstić information content (AvgIpc) is 2.14. The van der Waals surface area contributed by atoms with E-state index in [4.69, 9.17) is 11.6 Å². The smallest absolute Gasteiger partial charge is 0.167 e. The Labute approximate surface area is 89.1 Å². The van der Waals surface area contributed by atoms with Crippen molar-refractivity contribution in [1.29, 1.82) is 0 Å². The molecule has 0 fully saturated rings. The molecule has 0 aliphatic heterocycles. The predicted molar refractivity (Wildman–Crippen MR) is 61.2 cm³/mol. The second-order valence-electron chi connectivity index (χ2n) is 2.79. The van der Waals surface area contributed by atoms with Gasteiger partial charge in [-0.25, -0.2) is 0 Å². The van der Waals surface area contributed by atoms with Crippen molar-refractivity contribution in [3.05, 3.63) is 35.9 Å². The van der Waals surface area contributed by atoms with E-state index in [2.05, 4.69) is 41.8 Å². The van der Waals surface area contributed by atoms with Gasteiger partial charge in [0.15, 0.2) is 4.45 Å². The third-order valence-electron chi connectivity index (χ3n) is 1.75. The van der Waals surface area contributed by atoms with Gasteiger partial charge in [0.05, 0.1) is 0 Å². The molecule has 0 saturated heterocycles. The zero-order valence-corrected chi connectivity index (χ0v) is 8.87. The molecular formula is C10H12ClNS. The van der Waals surface area contributed by atoms with Crippen molar-refractivity contribution in [1.82, 2.24) is 5.32 Å². The lowest BCUT2D eigenvalue weighted by Gasteiger charge is -2.02. The molecule has 0 unspecified atom stereocenters. The lowest BCUT2D eigenvalue weighted by molar-refractivity contribution is 0.782. The monoisotopic (exact) mass is 213 g/mol. The van der Waals surface area contributed by atoms with Gasteiger partial charge in [-0.3, -0.25) is 0 Å². The van der Waals surface area contributed by atoms with Crippen LogP contribution < -0.4 is 5.32 Å². The summed E-state index contributed by atoms with van der Waals surface area (Å²) in [7, 11) is 0. The van der Waals surface area contributed by atoms with E-state index >= 15 is 0 Å². The normalized spacial score (nSPS) is 9.62. The number of thiocarbonyl (C=S) groups is 1. The number of aryl methyl sites for hydroxylation is 1. The summed E-state index contributed by atoms with van der Waals surface area (Å²) < 4.78 is 0.355. The fourth-order valence-corrected chi connectivity index (χ4v) is 1.32. The molecular weight excluding hydrogens is 202 g/mol. The van der Waals surface area contributed by atoms with E-state index in [1.165, 1.54) is 5.56 Å². The van der Waals surface area contributed by atoms with Crippen molar-refractivity contribution >= 4 is 28.3 Å². The van der Waals surface area contributed by atoms with Crippen molar-refractivity contribution in [3.8, 4) is 0 Å². The van der Waals surface area contributed by atoms with Crippen LogP contribution in [0, 0.1) is 0 Å². The molecule has 0 spiro atoms. The van der Waals surface area contributed by atoms with Crippen LogP contribution >= 0.6 is 23.8 Å². The van der Waals surface area contributed by atoms with E-state index in [0.29, 0.717) is 4.45 Å². The molecule has 13 heavy (non-hydrogen) atoms. The third-order valence-corrected chi connectivity index (χ3v) is 2.03. The summed E-state index contributed by atoms with van der Waals surface area (Å²) in [6.45, 7) is 0.844. The number of hydrogen-bond donors (Lipinski definition) is 1. The van der Waals surface area contributed by atoms with E-state index in [1.807, 2.05) is 6.07 Å². The molecule has 0 saturated carbocycles. The fraction of sp³-hybridized carbons (Fsp3) is 0.300. The standard InChI is InChI=1S/C10H12ClNS/c11-10(13)12-8-4-7-9-5-2-1-3-6-9/h1-3,5-6H,4,7-8H2,(H,12,13).